The maximum atomic E-state index is 12.8. The van der Waals surface area contributed by atoms with Gasteiger partial charge in [0.1, 0.15) is 11.6 Å². The van der Waals surface area contributed by atoms with Crippen LogP contribution in [0.1, 0.15) is 15.9 Å². The number of anilines is 3. The molecule has 10 heteroatoms. The first-order valence-electron chi connectivity index (χ1n) is 11.5. The first kappa shape index (κ1) is 23.6. The molecule has 0 saturated carbocycles. The number of benzene rings is 2. The van der Waals surface area contributed by atoms with Gasteiger partial charge < -0.3 is 14.9 Å². The molecule has 1 aliphatic heterocycles. The molecule has 2 aromatic carbocycles. The van der Waals surface area contributed by atoms with Crippen LogP contribution in [0.15, 0.2) is 77.8 Å². The van der Waals surface area contributed by atoms with Crippen LogP contribution in [0.5, 0.6) is 0 Å². The van der Waals surface area contributed by atoms with E-state index in [1.54, 1.807) is 36.5 Å². The van der Waals surface area contributed by atoms with E-state index in [2.05, 4.69) is 19.5 Å². The third-order valence-corrected chi connectivity index (χ3v) is 7.58. The van der Waals surface area contributed by atoms with Crippen LogP contribution in [0.25, 0.3) is 10.9 Å². The minimum Gasteiger partial charge on any atom is -0.478 e. The first-order valence-corrected chi connectivity index (χ1v) is 13.0. The van der Waals surface area contributed by atoms with Crippen LogP contribution in [0.4, 0.5) is 17.3 Å². The van der Waals surface area contributed by atoms with Crippen molar-refractivity contribution < 1.29 is 18.3 Å². The summed E-state index contributed by atoms with van der Waals surface area (Å²) < 4.78 is 28.1. The molecule has 1 aliphatic rings. The molecular weight excluding hydrogens is 478 g/mol. The predicted octanol–water partition coefficient (Wildman–Crippen LogP) is 3.76. The van der Waals surface area contributed by atoms with Crippen molar-refractivity contribution in [1.82, 2.24) is 9.97 Å². The SMILES string of the molecule is Cc1ccc(S(=O)(=O)Nc2ccc3nc(N4CCN(c5ccccn5)CC4)cc(C(=O)O)c3c2)cc1. The molecule has 3 heterocycles. The molecule has 2 aromatic heterocycles. The molecule has 9 nitrogen and oxygen atoms in total. The Bertz CT molecular complexity index is 1520. The number of nitrogens with one attached hydrogen (secondary N) is 1. The van der Waals surface area contributed by atoms with E-state index in [1.165, 1.54) is 18.2 Å². The molecule has 0 unspecified atom stereocenters. The Morgan fingerprint density at radius 3 is 2.25 bits per heavy atom. The molecule has 1 fully saturated rings. The molecule has 2 N–H and O–H groups in total. The Balaban J connectivity index is 1.41. The normalized spacial score (nSPS) is 14.1. The Kier molecular flexibility index (Phi) is 6.19. The fourth-order valence-corrected chi connectivity index (χ4v) is 5.30. The van der Waals surface area contributed by atoms with Crippen LogP contribution >= 0.6 is 0 Å². The Hall–Kier alpha value is -4.18. The largest absolute Gasteiger partial charge is 0.478 e. The van der Waals surface area contributed by atoms with Crippen LogP contribution in [-0.4, -0.2) is 55.6 Å². The average Bonchev–Trinajstić information content (AvgIpc) is 2.88. The number of aromatic carboxylic acids is 1. The van der Waals surface area contributed by atoms with Gasteiger partial charge in [0.25, 0.3) is 10.0 Å². The molecule has 1 saturated heterocycles. The van der Waals surface area contributed by atoms with Crippen molar-refractivity contribution in [2.45, 2.75) is 11.8 Å². The van der Waals surface area contributed by atoms with Gasteiger partial charge in [0.2, 0.25) is 0 Å². The molecule has 184 valence electrons. The molecule has 0 bridgehead atoms. The number of carboxylic acid groups (broad SMARTS) is 1. The van der Waals surface area contributed by atoms with Gasteiger partial charge in [-0.2, -0.15) is 0 Å². The van der Waals surface area contributed by atoms with E-state index < -0.39 is 16.0 Å². The number of hydrogen-bond donors (Lipinski definition) is 2. The molecule has 4 aromatic rings. The Morgan fingerprint density at radius 2 is 1.61 bits per heavy atom. The number of piperazine rings is 1. The smallest absolute Gasteiger partial charge is 0.336 e. The molecule has 0 atom stereocenters. The van der Waals surface area contributed by atoms with Crippen molar-refractivity contribution in [3.05, 3.63) is 84.1 Å². The van der Waals surface area contributed by atoms with Gasteiger partial charge >= 0.3 is 5.97 Å². The number of carboxylic acids is 1. The summed E-state index contributed by atoms with van der Waals surface area (Å²) in [6.45, 7) is 4.69. The number of pyridine rings is 2. The number of sulfonamides is 1. The lowest BCUT2D eigenvalue weighted by Gasteiger charge is -2.36. The fraction of sp³-hybridized carbons (Fsp3) is 0.192. The fourth-order valence-electron chi connectivity index (χ4n) is 4.25. The van der Waals surface area contributed by atoms with E-state index in [9.17, 15) is 18.3 Å². The van der Waals surface area contributed by atoms with Crippen molar-refractivity contribution in [2.75, 3.05) is 40.7 Å². The molecule has 36 heavy (non-hydrogen) atoms. The van der Waals surface area contributed by atoms with E-state index in [1.807, 2.05) is 25.1 Å². The van der Waals surface area contributed by atoms with Crippen LogP contribution in [0.3, 0.4) is 0 Å². The average molecular weight is 504 g/mol. The predicted molar refractivity (Wildman–Crippen MR) is 139 cm³/mol. The molecule has 0 spiro atoms. The number of carbonyl (C=O) groups is 1. The number of rotatable bonds is 6. The lowest BCUT2D eigenvalue weighted by atomic mass is 10.1. The second-order valence-electron chi connectivity index (χ2n) is 8.65. The lowest BCUT2D eigenvalue weighted by Crippen LogP contribution is -2.47. The molecule has 0 amide bonds. The van der Waals surface area contributed by atoms with E-state index in [4.69, 9.17) is 4.98 Å². The highest BCUT2D eigenvalue weighted by Crippen LogP contribution is 2.28. The van der Waals surface area contributed by atoms with Gasteiger partial charge in [-0.25, -0.2) is 23.2 Å². The highest BCUT2D eigenvalue weighted by atomic mass is 32.2. The first-order chi connectivity index (χ1) is 17.3. The van der Waals surface area contributed by atoms with Crippen LogP contribution in [-0.2, 0) is 10.0 Å². The van der Waals surface area contributed by atoms with Gasteiger partial charge in [-0.1, -0.05) is 23.8 Å². The van der Waals surface area contributed by atoms with Crippen LogP contribution in [0, 0.1) is 6.92 Å². The summed E-state index contributed by atoms with van der Waals surface area (Å²) in [6.07, 6.45) is 1.76. The van der Waals surface area contributed by atoms with Crippen molar-refractivity contribution in [3.8, 4) is 0 Å². The van der Waals surface area contributed by atoms with Gasteiger partial charge in [0.15, 0.2) is 0 Å². The summed E-state index contributed by atoms with van der Waals surface area (Å²) in [5.41, 5.74) is 1.77. The zero-order valence-corrected chi connectivity index (χ0v) is 20.4. The third kappa shape index (κ3) is 4.80. The summed E-state index contributed by atoms with van der Waals surface area (Å²) in [5, 5.41) is 10.3. The van der Waals surface area contributed by atoms with E-state index in [-0.39, 0.29) is 16.1 Å². The molecule has 0 aliphatic carbocycles. The summed E-state index contributed by atoms with van der Waals surface area (Å²) >= 11 is 0. The molecule has 5 rings (SSSR count). The summed E-state index contributed by atoms with van der Waals surface area (Å²) in [6, 6.07) is 18.6. The zero-order valence-electron chi connectivity index (χ0n) is 19.6. The zero-order chi connectivity index (χ0) is 25.3. The van der Waals surface area contributed by atoms with Gasteiger partial charge in [-0.05, 0) is 55.5 Å². The van der Waals surface area contributed by atoms with Crippen molar-refractivity contribution >= 4 is 44.2 Å². The standard InChI is InChI=1S/C26H25N5O4S/c1-18-5-8-20(9-6-18)36(34,35)29-19-7-10-23-21(16-19)22(26(32)33)17-25(28-23)31-14-12-30(13-15-31)24-4-2-3-11-27-24/h2-11,16-17,29H,12-15H2,1H3,(H,32,33). The molecular formula is C26H25N5O4S. The van der Waals surface area contributed by atoms with Gasteiger partial charge in [0, 0.05) is 43.4 Å². The number of hydrogen-bond acceptors (Lipinski definition) is 7. The van der Waals surface area contributed by atoms with Crippen molar-refractivity contribution in [3.63, 3.8) is 0 Å². The lowest BCUT2D eigenvalue weighted by molar-refractivity contribution is 0.0699. The number of fused-ring (bicyclic) bond motifs is 1. The highest BCUT2D eigenvalue weighted by Gasteiger charge is 2.22. The second kappa shape index (κ2) is 9.46. The maximum Gasteiger partial charge on any atom is 0.336 e. The maximum absolute atomic E-state index is 12.8. The topological polar surface area (TPSA) is 116 Å². The van der Waals surface area contributed by atoms with Gasteiger partial charge in [0.05, 0.1) is 16.0 Å². The second-order valence-corrected chi connectivity index (χ2v) is 10.3. The van der Waals surface area contributed by atoms with E-state index in [0.717, 1.165) is 24.5 Å². The number of aromatic nitrogens is 2. The minimum absolute atomic E-state index is 0.0681. The quantitative estimate of drug-likeness (QED) is 0.409. The Labute approximate surface area is 209 Å². The van der Waals surface area contributed by atoms with Crippen molar-refractivity contribution in [2.24, 2.45) is 0 Å². The monoisotopic (exact) mass is 503 g/mol. The van der Waals surface area contributed by atoms with E-state index in [0.29, 0.717) is 29.8 Å². The van der Waals surface area contributed by atoms with Crippen LogP contribution in [0.2, 0.25) is 0 Å². The van der Waals surface area contributed by atoms with Crippen molar-refractivity contribution in [1.29, 1.82) is 0 Å². The van der Waals surface area contributed by atoms with Gasteiger partial charge in [-0.3, -0.25) is 4.72 Å². The summed E-state index contributed by atoms with van der Waals surface area (Å²) in [5.74, 6) is 0.387. The number of nitrogens with zero attached hydrogens (tertiary/aromatic N) is 4. The van der Waals surface area contributed by atoms with E-state index >= 15 is 0 Å². The summed E-state index contributed by atoms with van der Waals surface area (Å²) in [7, 11) is -3.82. The van der Waals surface area contributed by atoms with Crippen LogP contribution < -0.4 is 14.5 Å². The molecule has 0 radical (unpaired) electrons. The van der Waals surface area contributed by atoms with Gasteiger partial charge in [-0.15, -0.1) is 0 Å². The Morgan fingerprint density at radius 1 is 0.917 bits per heavy atom. The number of aryl methyl sites for hydroxylation is 1. The minimum atomic E-state index is -3.82. The summed E-state index contributed by atoms with van der Waals surface area (Å²) in [4.78, 5) is 25.6. The highest BCUT2D eigenvalue weighted by molar-refractivity contribution is 7.92. The third-order valence-electron chi connectivity index (χ3n) is 6.19.